The van der Waals surface area contributed by atoms with Gasteiger partial charge in [-0.1, -0.05) is 0 Å². The molecule has 120 valence electrons. The average molecular weight is 326 g/mol. The number of halogens is 2. The first-order chi connectivity index (χ1) is 8.66. The van der Waals surface area contributed by atoms with E-state index in [-0.39, 0.29) is 24.8 Å². The number of carbonyl (C=O) groups is 1. The second-order valence-electron chi connectivity index (χ2n) is 5.93. The van der Waals surface area contributed by atoms with Crippen molar-refractivity contribution in [2.45, 2.75) is 50.6 Å². The van der Waals surface area contributed by atoms with Crippen LogP contribution in [0, 0.1) is 0 Å². The van der Waals surface area contributed by atoms with E-state index in [0.29, 0.717) is 18.0 Å². The molecule has 0 saturated carbocycles. The van der Waals surface area contributed by atoms with Gasteiger partial charge in [0.15, 0.2) is 0 Å². The zero-order chi connectivity index (χ0) is 13.0. The Morgan fingerprint density at radius 1 is 1.25 bits per heavy atom. The van der Waals surface area contributed by atoms with Crippen LogP contribution < -0.4 is 5.32 Å². The Bertz CT molecular complexity index is 284. The van der Waals surface area contributed by atoms with Gasteiger partial charge in [0.25, 0.3) is 0 Å². The zero-order valence-corrected chi connectivity index (χ0v) is 14.3. The van der Waals surface area contributed by atoms with E-state index in [1.807, 2.05) is 0 Å². The third-order valence-electron chi connectivity index (χ3n) is 4.35. The molecule has 2 aliphatic rings. The van der Waals surface area contributed by atoms with Crippen LogP contribution in [0.25, 0.3) is 0 Å². The van der Waals surface area contributed by atoms with Crippen molar-refractivity contribution in [3.05, 3.63) is 0 Å². The van der Waals surface area contributed by atoms with Crippen LogP contribution in [-0.4, -0.2) is 61.5 Å². The lowest BCUT2D eigenvalue weighted by Gasteiger charge is -2.36. The number of nitrogens with one attached hydrogen (secondary N) is 1. The number of likely N-dealkylation sites (tertiary alicyclic amines) is 1. The molecule has 2 heterocycles. The molecule has 0 aliphatic carbocycles. The van der Waals surface area contributed by atoms with Gasteiger partial charge in [-0.2, -0.15) is 0 Å². The van der Waals surface area contributed by atoms with Gasteiger partial charge in [-0.05, 0) is 52.7 Å². The van der Waals surface area contributed by atoms with E-state index in [9.17, 15) is 4.79 Å². The molecule has 0 aromatic heterocycles. The second kappa shape index (κ2) is 9.82. The van der Waals surface area contributed by atoms with Crippen molar-refractivity contribution >= 4 is 30.7 Å². The molecule has 2 rings (SSSR count). The summed E-state index contributed by atoms with van der Waals surface area (Å²) in [5.74, 6) is 0.357. The van der Waals surface area contributed by atoms with Gasteiger partial charge in [0.1, 0.15) is 0 Å². The average Bonchev–Trinajstić information content (AvgIpc) is 2.89. The van der Waals surface area contributed by atoms with Crippen molar-refractivity contribution in [1.82, 2.24) is 15.1 Å². The van der Waals surface area contributed by atoms with Gasteiger partial charge in [0, 0.05) is 31.6 Å². The lowest BCUT2D eigenvalue weighted by molar-refractivity contribution is -0.133. The van der Waals surface area contributed by atoms with Crippen LogP contribution in [0.5, 0.6) is 0 Å². The highest BCUT2D eigenvalue weighted by molar-refractivity contribution is 5.85. The molecule has 0 spiro atoms. The maximum absolute atomic E-state index is 12.2. The number of carbonyl (C=O) groups excluding carboxylic acids is 1. The smallest absolute Gasteiger partial charge is 0.222 e. The van der Waals surface area contributed by atoms with Crippen LogP contribution in [-0.2, 0) is 4.79 Å². The number of hydrogen-bond acceptors (Lipinski definition) is 3. The quantitative estimate of drug-likeness (QED) is 0.857. The molecule has 0 bridgehead atoms. The molecule has 0 radical (unpaired) electrons. The molecular weight excluding hydrogens is 297 g/mol. The molecule has 2 fully saturated rings. The number of nitrogens with zero attached hydrogens (tertiary/aromatic N) is 2. The third kappa shape index (κ3) is 5.76. The molecule has 2 aliphatic heterocycles. The highest BCUT2D eigenvalue weighted by Gasteiger charge is 2.25. The summed E-state index contributed by atoms with van der Waals surface area (Å²) in [4.78, 5) is 16.5. The fraction of sp³-hybridized carbons (Fsp3) is 0.929. The molecule has 20 heavy (non-hydrogen) atoms. The highest BCUT2D eigenvalue weighted by atomic mass is 35.5. The molecule has 0 aromatic rings. The molecule has 4 nitrogen and oxygen atoms in total. The second-order valence-corrected chi connectivity index (χ2v) is 5.93. The van der Waals surface area contributed by atoms with Gasteiger partial charge < -0.3 is 15.1 Å². The monoisotopic (exact) mass is 325 g/mol. The SMILES string of the molecule is CN(C)C1CCCN(C(=O)CCC2CCCN2)C1.Cl.Cl. The van der Waals surface area contributed by atoms with Crippen LogP contribution in [0.3, 0.4) is 0 Å². The molecule has 6 heteroatoms. The summed E-state index contributed by atoms with van der Waals surface area (Å²) < 4.78 is 0. The molecule has 2 atom stereocenters. The third-order valence-corrected chi connectivity index (χ3v) is 4.35. The molecule has 2 saturated heterocycles. The van der Waals surface area contributed by atoms with Gasteiger partial charge >= 0.3 is 0 Å². The summed E-state index contributed by atoms with van der Waals surface area (Å²) in [5.41, 5.74) is 0. The summed E-state index contributed by atoms with van der Waals surface area (Å²) in [6, 6.07) is 1.13. The Morgan fingerprint density at radius 2 is 2.00 bits per heavy atom. The van der Waals surface area contributed by atoms with Crippen LogP contribution in [0.15, 0.2) is 0 Å². The first kappa shape index (κ1) is 20.0. The lowest BCUT2D eigenvalue weighted by atomic mass is 10.0. The maximum Gasteiger partial charge on any atom is 0.222 e. The summed E-state index contributed by atoms with van der Waals surface area (Å²) in [6.07, 6.45) is 6.62. The molecule has 0 aromatic carbocycles. The molecule has 1 N–H and O–H groups in total. The van der Waals surface area contributed by atoms with E-state index in [1.54, 1.807) is 0 Å². The van der Waals surface area contributed by atoms with E-state index in [2.05, 4.69) is 29.2 Å². The fourth-order valence-electron chi connectivity index (χ4n) is 3.06. The van der Waals surface area contributed by atoms with Gasteiger partial charge in [-0.15, -0.1) is 24.8 Å². The summed E-state index contributed by atoms with van der Waals surface area (Å²) in [5, 5.41) is 3.46. The summed E-state index contributed by atoms with van der Waals surface area (Å²) in [6.45, 7) is 3.01. The Labute approximate surface area is 135 Å². The zero-order valence-electron chi connectivity index (χ0n) is 12.6. The Morgan fingerprint density at radius 3 is 2.60 bits per heavy atom. The van der Waals surface area contributed by atoms with Crippen LogP contribution in [0.4, 0.5) is 0 Å². The normalized spacial score (nSPS) is 26.1. The molecule has 1 amide bonds. The van der Waals surface area contributed by atoms with Gasteiger partial charge in [0.2, 0.25) is 5.91 Å². The van der Waals surface area contributed by atoms with Crippen LogP contribution in [0.2, 0.25) is 0 Å². The minimum atomic E-state index is 0. The van der Waals surface area contributed by atoms with Crippen molar-refractivity contribution < 1.29 is 4.79 Å². The lowest BCUT2D eigenvalue weighted by Crippen LogP contribution is -2.47. The highest BCUT2D eigenvalue weighted by Crippen LogP contribution is 2.17. The Balaban J connectivity index is 0.00000180. The Kier molecular flexibility index (Phi) is 9.81. The number of amides is 1. The van der Waals surface area contributed by atoms with Gasteiger partial charge in [0.05, 0.1) is 0 Å². The molecule has 2 unspecified atom stereocenters. The first-order valence-electron chi connectivity index (χ1n) is 7.34. The van der Waals surface area contributed by atoms with Crippen molar-refractivity contribution in [2.75, 3.05) is 33.7 Å². The van der Waals surface area contributed by atoms with Crippen molar-refractivity contribution in [1.29, 1.82) is 0 Å². The number of rotatable bonds is 4. The number of piperidine rings is 1. The standard InChI is InChI=1S/C14H27N3O.2ClH/c1-16(2)13-6-4-10-17(11-13)14(18)8-7-12-5-3-9-15-12;;/h12-13,15H,3-11H2,1-2H3;2*1H. The van der Waals surface area contributed by atoms with Gasteiger partial charge in [-0.3, -0.25) is 4.79 Å². The largest absolute Gasteiger partial charge is 0.341 e. The minimum Gasteiger partial charge on any atom is -0.341 e. The predicted octanol–water partition coefficient (Wildman–Crippen LogP) is 1.91. The topological polar surface area (TPSA) is 35.6 Å². The van der Waals surface area contributed by atoms with E-state index >= 15 is 0 Å². The van der Waals surface area contributed by atoms with Crippen molar-refractivity contribution in [3.63, 3.8) is 0 Å². The predicted molar refractivity (Wildman–Crippen MR) is 88.0 cm³/mol. The number of likely N-dealkylation sites (N-methyl/N-ethyl adjacent to an activating group) is 1. The maximum atomic E-state index is 12.2. The summed E-state index contributed by atoms with van der Waals surface area (Å²) in [7, 11) is 4.22. The van der Waals surface area contributed by atoms with E-state index < -0.39 is 0 Å². The summed E-state index contributed by atoms with van der Waals surface area (Å²) >= 11 is 0. The van der Waals surface area contributed by atoms with Gasteiger partial charge in [-0.25, -0.2) is 0 Å². The minimum absolute atomic E-state index is 0. The molecular formula is C14H29Cl2N3O. The first-order valence-corrected chi connectivity index (χ1v) is 7.34. The van der Waals surface area contributed by atoms with Crippen molar-refractivity contribution in [3.8, 4) is 0 Å². The van der Waals surface area contributed by atoms with E-state index in [0.717, 1.165) is 38.9 Å². The fourth-order valence-corrected chi connectivity index (χ4v) is 3.06. The van der Waals surface area contributed by atoms with Crippen LogP contribution in [0.1, 0.15) is 38.5 Å². The number of hydrogen-bond donors (Lipinski definition) is 1. The van der Waals surface area contributed by atoms with E-state index in [1.165, 1.54) is 19.3 Å². The van der Waals surface area contributed by atoms with Crippen LogP contribution >= 0.6 is 24.8 Å². The Hall–Kier alpha value is -0.0300. The van der Waals surface area contributed by atoms with E-state index in [4.69, 9.17) is 0 Å². The van der Waals surface area contributed by atoms with Crippen molar-refractivity contribution in [2.24, 2.45) is 0 Å².